The first-order valence-electron chi connectivity index (χ1n) is 15.4. The molecule has 5 heteroatoms. The van der Waals surface area contributed by atoms with Crippen molar-refractivity contribution in [2.75, 3.05) is 13.1 Å². The van der Waals surface area contributed by atoms with E-state index in [1.807, 2.05) is 0 Å². The summed E-state index contributed by atoms with van der Waals surface area (Å²) in [5.74, 6) is 1.78. The predicted octanol–water partition coefficient (Wildman–Crippen LogP) is 6.97. The second-order valence-corrected chi connectivity index (χ2v) is 13.7. The number of rotatable bonds is 11. The van der Waals surface area contributed by atoms with E-state index < -0.39 is 0 Å². The number of fused-ring (bicyclic) bond motifs is 1. The number of unbranched alkanes of at least 4 members (excludes halogenated alkanes) is 1. The van der Waals surface area contributed by atoms with Gasteiger partial charge in [0.25, 0.3) is 0 Å². The number of nitrogens with two attached hydrogens (primary N) is 2. The fourth-order valence-electron chi connectivity index (χ4n) is 6.73. The van der Waals surface area contributed by atoms with Crippen molar-refractivity contribution in [1.29, 1.82) is 0 Å². The number of nitrogens with zero attached hydrogens (tertiary/aromatic N) is 2. The Kier molecular flexibility index (Phi) is 10.3. The van der Waals surface area contributed by atoms with Crippen molar-refractivity contribution in [2.24, 2.45) is 34.2 Å². The van der Waals surface area contributed by atoms with E-state index in [0.29, 0.717) is 17.7 Å². The van der Waals surface area contributed by atoms with Crippen LogP contribution in [0.3, 0.4) is 0 Å². The van der Waals surface area contributed by atoms with Gasteiger partial charge in [-0.05, 0) is 103 Å². The van der Waals surface area contributed by atoms with E-state index in [1.165, 1.54) is 35.1 Å². The molecule has 1 aromatic rings. The van der Waals surface area contributed by atoms with Crippen LogP contribution in [0.4, 0.5) is 0 Å². The lowest BCUT2D eigenvalue weighted by molar-refractivity contribution is -0.137. The van der Waals surface area contributed by atoms with E-state index in [0.717, 1.165) is 71.0 Å². The molecule has 0 saturated heterocycles. The molecule has 1 amide bonds. The number of carbonyl (C=O) groups is 1. The maximum atomic E-state index is 14.0. The number of carbonyl (C=O) groups excluding carboxylic acids is 1. The molecule has 2 aliphatic rings. The van der Waals surface area contributed by atoms with Crippen molar-refractivity contribution in [3.63, 3.8) is 0 Å². The van der Waals surface area contributed by atoms with Crippen LogP contribution in [-0.4, -0.2) is 29.9 Å². The molecule has 1 unspecified atom stereocenters. The number of amides is 1. The molecule has 1 atom stereocenters. The SMILES string of the molecule is CCCCC(CC)C(=O)N(Cc1cc2c(cc1C)C(C)(C)CCC2(C)C)CC1CCC(CN=C(N)N)CC1. The first-order valence-corrected chi connectivity index (χ1v) is 15.4. The third kappa shape index (κ3) is 7.54. The molecule has 4 N–H and O–H groups in total. The number of benzene rings is 1. The lowest BCUT2D eigenvalue weighted by Gasteiger charge is -2.42. The zero-order valence-corrected chi connectivity index (χ0v) is 25.5. The predicted molar refractivity (Wildman–Crippen MR) is 161 cm³/mol. The molecule has 0 aliphatic heterocycles. The normalized spacial score (nSPS) is 22.8. The van der Waals surface area contributed by atoms with Crippen molar-refractivity contribution in [2.45, 2.75) is 130 Å². The average Bonchev–Trinajstić information content (AvgIpc) is 2.87. The van der Waals surface area contributed by atoms with Crippen LogP contribution in [-0.2, 0) is 22.2 Å². The van der Waals surface area contributed by atoms with Crippen molar-refractivity contribution in [3.8, 4) is 0 Å². The molecule has 0 heterocycles. The average molecular weight is 525 g/mol. The van der Waals surface area contributed by atoms with Gasteiger partial charge >= 0.3 is 0 Å². The Morgan fingerprint density at radius 3 is 2.13 bits per heavy atom. The van der Waals surface area contributed by atoms with Crippen LogP contribution < -0.4 is 11.5 Å². The molecule has 38 heavy (non-hydrogen) atoms. The zero-order chi connectivity index (χ0) is 28.1. The second-order valence-electron chi connectivity index (χ2n) is 13.7. The van der Waals surface area contributed by atoms with Gasteiger partial charge in [0.1, 0.15) is 0 Å². The largest absolute Gasteiger partial charge is 0.370 e. The molecule has 214 valence electrons. The Morgan fingerprint density at radius 2 is 1.58 bits per heavy atom. The third-order valence-electron chi connectivity index (χ3n) is 9.71. The smallest absolute Gasteiger partial charge is 0.225 e. The van der Waals surface area contributed by atoms with E-state index in [4.69, 9.17) is 11.5 Å². The summed E-state index contributed by atoms with van der Waals surface area (Å²) in [6.45, 7) is 18.5. The minimum Gasteiger partial charge on any atom is -0.370 e. The Balaban J connectivity index is 1.85. The molecule has 1 fully saturated rings. The number of guanidine groups is 1. The van der Waals surface area contributed by atoms with Crippen LogP contribution in [0.2, 0.25) is 0 Å². The molecule has 0 radical (unpaired) electrons. The number of aliphatic imine (C=N–C) groups is 1. The van der Waals surface area contributed by atoms with Gasteiger partial charge in [-0.1, -0.05) is 66.5 Å². The fourth-order valence-corrected chi connectivity index (χ4v) is 6.73. The zero-order valence-electron chi connectivity index (χ0n) is 25.5. The summed E-state index contributed by atoms with van der Waals surface area (Å²) in [7, 11) is 0. The summed E-state index contributed by atoms with van der Waals surface area (Å²) < 4.78 is 0. The van der Waals surface area contributed by atoms with Gasteiger partial charge in [-0.15, -0.1) is 0 Å². The van der Waals surface area contributed by atoms with Gasteiger partial charge in [0.2, 0.25) is 5.91 Å². The Morgan fingerprint density at radius 1 is 1.00 bits per heavy atom. The van der Waals surface area contributed by atoms with Crippen molar-refractivity contribution < 1.29 is 4.79 Å². The van der Waals surface area contributed by atoms with Crippen LogP contribution in [0.1, 0.15) is 128 Å². The third-order valence-corrected chi connectivity index (χ3v) is 9.71. The molecule has 0 spiro atoms. The highest BCUT2D eigenvalue weighted by Gasteiger charge is 2.38. The maximum Gasteiger partial charge on any atom is 0.225 e. The van der Waals surface area contributed by atoms with E-state index in [-0.39, 0.29) is 22.7 Å². The topological polar surface area (TPSA) is 84.7 Å². The van der Waals surface area contributed by atoms with Crippen molar-refractivity contribution in [3.05, 3.63) is 34.4 Å². The van der Waals surface area contributed by atoms with E-state index in [9.17, 15) is 4.79 Å². The molecule has 1 saturated carbocycles. The lowest BCUT2D eigenvalue weighted by atomic mass is 9.62. The number of hydrogen-bond acceptors (Lipinski definition) is 2. The molecule has 0 aromatic heterocycles. The summed E-state index contributed by atoms with van der Waals surface area (Å²) in [6.07, 6.45) is 11.2. The van der Waals surface area contributed by atoms with E-state index in [1.54, 1.807) is 0 Å². The lowest BCUT2D eigenvalue weighted by Crippen LogP contribution is -2.40. The highest BCUT2D eigenvalue weighted by atomic mass is 16.2. The van der Waals surface area contributed by atoms with Gasteiger partial charge in [-0.2, -0.15) is 0 Å². The van der Waals surface area contributed by atoms with Crippen molar-refractivity contribution >= 4 is 11.9 Å². The number of hydrogen-bond donors (Lipinski definition) is 2. The summed E-state index contributed by atoms with van der Waals surface area (Å²) in [5, 5.41) is 0. The van der Waals surface area contributed by atoms with Gasteiger partial charge in [-0.25, -0.2) is 0 Å². The van der Waals surface area contributed by atoms with E-state index in [2.05, 4.69) is 70.5 Å². The molecule has 2 aliphatic carbocycles. The maximum absolute atomic E-state index is 14.0. The quantitative estimate of drug-likeness (QED) is 0.242. The molecule has 0 bridgehead atoms. The van der Waals surface area contributed by atoms with Gasteiger partial charge in [0.15, 0.2) is 5.96 Å². The highest BCUT2D eigenvalue weighted by molar-refractivity contribution is 5.79. The molecule has 1 aromatic carbocycles. The first kappa shape index (κ1) is 30.5. The minimum absolute atomic E-state index is 0.126. The van der Waals surface area contributed by atoms with Crippen LogP contribution in [0.25, 0.3) is 0 Å². The molecule has 3 rings (SSSR count). The van der Waals surface area contributed by atoms with Gasteiger partial charge in [0, 0.05) is 25.6 Å². The summed E-state index contributed by atoms with van der Waals surface area (Å²) >= 11 is 0. The molecular weight excluding hydrogens is 468 g/mol. The highest BCUT2D eigenvalue weighted by Crippen LogP contribution is 2.46. The molecular formula is C33H56N4O. The van der Waals surface area contributed by atoms with Gasteiger partial charge < -0.3 is 16.4 Å². The summed E-state index contributed by atoms with van der Waals surface area (Å²) in [4.78, 5) is 20.5. The molecule has 5 nitrogen and oxygen atoms in total. The van der Waals surface area contributed by atoms with Crippen LogP contribution in [0.15, 0.2) is 17.1 Å². The minimum atomic E-state index is 0.126. The standard InChI is InChI=1S/C33H56N4O/c1-8-10-11-26(9-2)30(38)37(21-25-14-12-24(13-15-25)20-36-31(34)35)22-27-19-29-28(18-23(27)3)32(4,5)16-17-33(29,6)7/h18-19,24-26H,8-17,20-22H2,1-7H3,(H4,34,35,36). The Labute approximate surface area is 233 Å². The Hall–Kier alpha value is -2.04. The van der Waals surface area contributed by atoms with Crippen LogP contribution >= 0.6 is 0 Å². The first-order chi connectivity index (χ1) is 17.9. The van der Waals surface area contributed by atoms with E-state index >= 15 is 0 Å². The number of aryl methyl sites for hydroxylation is 1. The fraction of sp³-hybridized carbons (Fsp3) is 0.758. The second kappa shape index (κ2) is 12.9. The van der Waals surface area contributed by atoms with Crippen molar-refractivity contribution in [1.82, 2.24) is 4.90 Å². The van der Waals surface area contributed by atoms with Gasteiger partial charge in [-0.3, -0.25) is 9.79 Å². The Bertz CT molecular complexity index is 967. The summed E-state index contributed by atoms with van der Waals surface area (Å²) in [6, 6.07) is 4.91. The monoisotopic (exact) mass is 524 g/mol. The van der Waals surface area contributed by atoms with Crippen LogP contribution in [0, 0.1) is 24.7 Å². The summed E-state index contributed by atoms with van der Waals surface area (Å²) in [5.41, 5.74) is 17.1. The van der Waals surface area contributed by atoms with Gasteiger partial charge in [0.05, 0.1) is 0 Å². The van der Waals surface area contributed by atoms with Crippen LogP contribution in [0.5, 0.6) is 0 Å².